The van der Waals surface area contributed by atoms with Gasteiger partial charge in [0.25, 0.3) is 0 Å². The molecule has 7 nitrogen and oxygen atoms in total. The van der Waals surface area contributed by atoms with Gasteiger partial charge in [0.1, 0.15) is 11.6 Å². The first kappa shape index (κ1) is 19.6. The average Bonchev–Trinajstić information content (AvgIpc) is 3.07. The summed E-state index contributed by atoms with van der Waals surface area (Å²) in [6, 6.07) is 11.2. The standard InChI is InChI=1S/C20H24FN5O2/c1-26(2)10-3-11-28-16-8-9-17-18(12-16)24-25-19(17)23-20(27)22-13-14-4-6-15(21)7-5-14/h4-9,12H,3,10-11,13H2,1-2H3,(H3,22,23,24,25,27). The van der Waals surface area contributed by atoms with Crippen LogP contribution in [0.15, 0.2) is 42.5 Å². The first-order valence-corrected chi connectivity index (χ1v) is 9.06. The first-order chi connectivity index (χ1) is 13.5. The predicted octanol–water partition coefficient (Wildman–Crippen LogP) is 3.35. The van der Waals surface area contributed by atoms with E-state index >= 15 is 0 Å². The van der Waals surface area contributed by atoms with Gasteiger partial charge in [0.15, 0.2) is 5.82 Å². The molecular formula is C20H24FN5O2. The molecule has 2 amide bonds. The molecule has 0 bridgehead atoms. The number of rotatable bonds is 8. The van der Waals surface area contributed by atoms with Gasteiger partial charge >= 0.3 is 6.03 Å². The van der Waals surface area contributed by atoms with E-state index < -0.39 is 0 Å². The van der Waals surface area contributed by atoms with E-state index in [9.17, 15) is 9.18 Å². The molecular weight excluding hydrogens is 361 g/mol. The summed E-state index contributed by atoms with van der Waals surface area (Å²) in [6.07, 6.45) is 0.940. The highest BCUT2D eigenvalue weighted by atomic mass is 19.1. The van der Waals surface area contributed by atoms with E-state index in [1.807, 2.05) is 32.3 Å². The fourth-order valence-electron chi connectivity index (χ4n) is 2.69. The van der Waals surface area contributed by atoms with Crippen molar-refractivity contribution < 1.29 is 13.9 Å². The molecule has 3 rings (SSSR count). The summed E-state index contributed by atoms with van der Waals surface area (Å²) in [5.74, 6) is 0.880. The minimum absolute atomic E-state index is 0.291. The lowest BCUT2D eigenvalue weighted by Gasteiger charge is -2.10. The van der Waals surface area contributed by atoms with Crippen molar-refractivity contribution in [3.63, 3.8) is 0 Å². The van der Waals surface area contributed by atoms with Crippen molar-refractivity contribution in [2.24, 2.45) is 0 Å². The molecule has 0 atom stereocenters. The normalized spacial score (nSPS) is 11.0. The molecule has 1 aromatic heterocycles. The molecule has 0 saturated carbocycles. The second-order valence-electron chi connectivity index (χ2n) is 6.72. The number of fused-ring (bicyclic) bond motifs is 1. The summed E-state index contributed by atoms with van der Waals surface area (Å²) in [7, 11) is 4.06. The highest BCUT2D eigenvalue weighted by Gasteiger charge is 2.10. The zero-order valence-corrected chi connectivity index (χ0v) is 16.0. The molecule has 1 heterocycles. The molecule has 0 unspecified atom stereocenters. The van der Waals surface area contributed by atoms with Gasteiger partial charge in [-0.15, -0.1) is 0 Å². The van der Waals surface area contributed by atoms with Crippen LogP contribution >= 0.6 is 0 Å². The van der Waals surface area contributed by atoms with Gasteiger partial charge in [-0.1, -0.05) is 12.1 Å². The number of hydrogen-bond donors (Lipinski definition) is 3. The summed E-state index contributed by atoms with van der Waals surface area (Å²) >= 11 is 0. The number of ether oxygens (including phenoxy) is 1. The molecule has 3 N–H and O–H groups in total. The number of halogens is 1. The maximum absolute atomic E-state index is 12.9. The molecule has 0 aliphatic rings. The predicted molar refractivity (Wildman–Crippen MR) is 107 cm³/mol. The number of amides is 2. The van der Waals surface area contributed by atoms with Gasteiger partial charge in [-0.2, -0.15) is 5.10 Å². The molecule has 3 aromatic rings. The third kappa shape index (κ3) is 5.43. The molecule has 0 fully saturated rings. The van der Waals surface area contributed by atoms with Crippen molar-refractivity contribution in [3.8, 4) is 5.75 Å². The second-order valence-corrected chi connectivity index (χ2v) is 6.72. The molecule has 8 heteroatoms. The monoisotopic (exact) mass is 385 g/mol. The van der Waals surface area contributed by atoms with Crippen LogP contribution < -0.4 is 15.4 Å². The van der Waals surface area contributed by atoms with Crippen LogP contribution in [0.1, 0.15) is 12.0 Å². The van der Waals surface area contributed by atoms with Crippen molar-refractivity contribution in [2.75, 3.05) is 32.6 Å². The van der Waals surface area contributed by atoms with Crippen molar-refractivity contribution in [1.29, 1.82) is 0 Å². The number of hydrogen-bond acceptors (Lipinski definition) is 4. The van der Waals surface area contributed by atoms with Crippen molar-refractivity contribution in [3.05, 3.63) is 53.8 Å². The molecule has 0 saturated heterocycles. The average molecular weight is 385 g/mol. The summed E-state index contributed by atoms with van der Waals surface area (Å²) in [5, 5.41) is 13.3. The maximum Gasteiger partial charge on any atom is 0.320 e. The van der Waals surface area contributed by atoms with Crippen LogP contribution in [0.25, 0.3) is 10.9 Å². The second kappa shape index (κ2) is 9.18. The van der Waals surface area contributed by atoms with E-state index in [0.29, 0.717) is 19.0 Å². The van der Waals surface area contributed by atoms with Gasteiger partial charge in [-0.05, 0) is 50.3 Å². The lowest BCUT2D eigenvalue weighted by molar-refractivity contribution is 0.251. The van der Waals surface area contributed by atoms with Gasteiger partial charge in [0.05, 0.1) is 12.1 Å². The maximum atomic E-state index is 12.9. The summed E-state index contributed by atoms with van der Waals surface area (Å²) in [6.45, 7) is 1.89. The molecule has 148 valence electrons. The van der Waals surface area contributed by atoms with E-state index in [4.69, 9.17) is 4.74 Å². The fourth-order valence-corrected chi connectivity index (χ4v) is 2.69. The van der Waals surface area contributed by atoms with Gasteiger partial charge in [0, 0.05) is 24.5 Å². The Morgan fingerprint density at radius 2 is 2.00 bits per heavy atom. The fraction of sp³-hybridized carbons (Fsp3) is 0.300. The number of nitrogens with one attached hydrogen (secondary N) is 3. The van der Waals surface area contributed by atoms with Gasteiger partial charge in [0.2, 0.25) is 0 Å². The number of carbonyl (C=O) groups excluding carboxylic acids is 1. The van der Waals surface area contributed by atoms with E-state index in [2.05, 4.69) is 25.7 Å². The molecule has 0 aliphatic heterocycles. The highest BCUT2D eigenvalue weighted by Crippen LogP contribution is 2.24. The van der Waals surface area contributed by atoms with Gasteiger partial charge in [-0.3, -0.25) is 10.4 Å². The third-order valence-electron chi connectivity index (χ3n) is 4.15. The molecule has 28 heavy (non-hydrogen) atoms. The molecule has 0 aliphatic carbocycles. The molecule has 0 radical (unpaired) electrons. The largest absolute Gasteiger partial charge is 0.493 e. The summed E-state index contributed by atoms with van der Waals surface area (Å²) in [4.78, 5) is 14.2. The Kier molecular flexibility index (Phi) is 6.44. The Hall–Kier alpha value is -3.13. The van der Waals surface area contributed by atoms with Crippen molar-refractivity contribution in [1.82, 2.24) is 20.4 Å². The number of nitrogens with zero attached hydrogens (tertiary/aromatic N) is 2. The Morgan fingerprint density at radius 1 is 1.21 bits per heavy atom. The minimum Gasteiger partial charge on any atom is -0.493 e. The van der Waals surface area contributed by atoms with Gasteiger partial charge < -0.3 is 15.0 Å². The summed E-state index contributed by atoms with van der Waals surface area (Å²) < 4.78 is 18.7. The Labute approximate surface area is 162 Å². The third-order valence-corrected chi connectivity index (χ3v) is 4.15. The molecule has 0 spiro atoms. The number of carbonyl (C=O) groups is 1. The van der Waals surface area contributed by atoms with Crippen LogP contribution in [0.5, 0.6) is 5.75 Å². The molecule has 2 aromatic carbocycles. The zero-order valence-electron chi connectivity index (χ0n) is 16.0. The SMILES string of the molecule is CN(C)CCCOc1ccc2c(NC(=O)NCc3ccc(F)cc3)n[nH]c2c1. The van der Waals surface area contributed by atoms with Crippen LogP contribution in [-0.2, 0) is 6.54 Å². The minimum atomic E-state index is -0.387. The van der Waals surface area contributed by atoms with Crippen molar-refractivity contribution in [2.45, 2.75) is 13.0 Å². The number of urea groups is 1. The number of aromatic nitrogens is 2. The number of H-pyrrole nitrogens is 1. The smallest absolute Gasteiger partial charge is 0.320 e. The number of aromatic amines is 1. The highest BCUT2D eigenvalue weighted by molar-refractivity contribution is 5.99. The lowest BCUT2D eigenvalue weighted by Crippen LogP contribution is -2.28. The number of benzene rings is 2. The topological polar surface area (TPSA) is 82.3 Å². The Bertz CT molecular complexity index is 924. The zero-order chi connectivity index (χ0) is 19.9. The van der Waals surface area contributed by atoms with E-state index in [1.165, 1.54) is 12.1 Å². The van der Waals surface area contributed by atoms with Crippen LogP contribution in [0.3, 0.4) is 0 Å². The lowest BCUT2D eigenvalue weighted by atomic mass is 10.2. The van der Waals surface area contributed by atoms with E-state index in [-0.39, 0.29) is 11.8 Å². The van der Waals surface area contributed by atoms with E-state index in [1.54, 1.807) is 12.1 Å². The van der Waals surface area contributed by atoms with Gasteiger partial charge in [-0.25, -0.2) is 9.18 Å². The first-order valence-electron chi connectivity index (χ1n) is 9.06. The van der Waals surface area contributed by atoms with Crippen LogP contribution in [-0.4, -0.2) is 48.4 Å². The van der Waals surface area contributed by atoms with Crippen LogP contribution in [0.2, 0.25) is 0 Å². The Morgan fingerprint density at radius 3 is 2.75 bits per heavy atom. The van der Waals surface area contributed by atoms with E-state index in [0.717, 1.165) is 35.2 Å². The van der Waals surface area contributed by atoms with Crippen LogP contribution in [0, 0.1) is 5.82 Å². The number of anilines is 1. The quantitative estimate of drug-likeness (QED) is 0.520. The van der Waals surface area contributed by atoms with Crippen LogP contribution in [0.4, 0.5) is 15.0 Å². The summed E-state index contributed by atoms with van der Waals surface area (Å²) in [5.41, 5.74) is 1.58. The Balaban J connectivity index is 1.54. The van der Waals surface area contributed by atoms with Crippen molar-refractivity contribution >= 4 is 22.8 Å².